The Labute approximate surface area is 104 Å². The number of benzene rings is 1. The fourth-order valence-electron chi connectivity index (χ4n) is 1.34. The first-order valence-electron chi connectivity index (χ1n) is 5.33. The summed E-state index contributed by atoms with van der Waals surface area (Å²) in [6, 6.07) is 7.72. The van der Waals surface area contributed by atoms with Gasteiger partial charge in [0.1, 0.15) is 5.60 Å². The molecule has 90 valence electrons. The maximum Gasteiger partial charge on any atom is 0.374 e. The molecular weight excluding hydrogens is 236 g/mol. The van der Waals surface area contributed by atoms with E-state index in [1.807, 2.05) is 45.0 Å². The number of carbonyl (C=O) groups is 1. The zero-order chi connectivity index (χ0) is 12.5. The number of fused-ring (bicyclic) bond motifs is 1. The van der Waals surface area contributed by atoms with Crippen molar-refractivity contribution in [2.24, 2.45) is 0 Å². The quantitative estimate of drug-likeness (QED) is 0.601. The molecule has 0 saturated heterocycles. The van der Waals surface area contributed by atoms with E-state index in [0.717, 1.165) is 10.1 Å². The topological polar surface area (TPSA) is 35.5 Å². The Hall–Kier alpha value is -1.39. The van der Waals surface area contributed by atoms with Gasteiger partial charge in [-0.2, -0.15) is 4.89 Å². The Balaban J connectivity index is 2.20. The molecule has 0 unspecified atom stereocenters. The minimum absolute atomic E-state index is 0.447. The maximum atomic E-state index is 11.8. The second kappa shape index (κ2) is 4.47. The summed E-state index contributed by atoms with van der Waals surface area (Å²) in [5.41, 5.74) is 0.0523. The second-order valence-corrected chi connectivity index (χ2v) is 5.62. The van der Waals surface area contributed by atoms with Crippen molar-refractivity contribution in [2.45, 2.75) is 26.4 Å². The van der Waals surface area contributed by atoms with Crippen molar-refractivity contribution in [3.8, 4) is 0 Å². The molecule has 1 aromatic carbocycles. The molecule has 1 aromatic heterocycles. The monoisotopic (exact) mass is 250 g/mol. The lowest BCUT2D eigenvalue weighted by Crippen LogP contribution is -2.21. The van der Waals surface area contributed by atoms with E-state index < -0.39 is 11.6 Å². The predicted octanol–water partition coefficient (Wildman–Crippen LogP) is 3.79. The third-order valence-corrected chi connectivity index (χ3v) is 3.03. The van der Waals surface area contributed by atoms with E-state index >= 15 is 0 Å². The van der Waals surface area contributed by atoms with Crippen LogP contribution in [-0.4, -0.2) is 11.6 Å². The number of thiophene rings is 1. The summed E-state index contributed by atoms with van der Waals surface area (Å²) in [6.07, 6.45) is 0. The number of rotatable bonds is 2. The van der Waals surface area contributed by atoms with Crippen LogP contribution in [0, 0.1) is 0 Å². The summed E-state index contributed by atoms with van der Waals surface area (Å²) in [5, 5.41) is 2.69. The Bertz CT molecular complexity index is 537. The van der Waals surface area contributed by atoms with Gasteiger partial charge in [-0.05, 0) is 26.8 Å². The largest absolute Gasteiger partial charge is 0.374 e. The van der Waals surface area contributed by atoms with Crippen molar-refractivity contribution in [1.29, 1.82) is 0 Å². The highest BCUT2D eigenvalue weighted by atomic mass is 32.1. The molecule has 0 radical (unpaired) electrons. The van der Waals surface area contributed by atoms with Crippen molar-refractivity contribution in [2.75, 3.05) is 0 Å². The van der Waals surface area contributed by atoms with Crippen LogP contribution in [-0.2, 0) is 9.78 Å². The summed E-state index contributed by atoms with van der Waals surface area (Å²) in [7, 11) is 0. The smallest absolute Gasteiger partial charge is 0.292 e. The van der Waals surface area contributed by atoms with E-state index in [4.69, 9.17) is 9.78 Å². The van der Waals surface area contributed by atoms with E-state index in [9.17, 15) is 4.79 Å². The van der Waals surface area contributed by atoms with E-state index in [1.54, 1.807) is 5.38 Å². The summed E-state index contributed by atoms with van der Waals surface area (Å²) in [6.45, 7) is 5.48. The average Bonchev–Trinajstić information content (AvgIpc) is 2.68. The molecule has 3 nitrogen and oxygen atoms in total. The minimum Gasteiger partial charge on any atom is -0.292 e. The Morgan fingerprint density at radius 1 is 1.24 bits per heavy atom. The molecule has 0 bridgehead atoms. The van der Waals surface area contributed by atoms with Crippen molar-refractivity contribution in [1.82, 2.24) is 0 Å². The van der Waals surface area contributed by atoms with Gasteiger partial charge in [0.05, 0.1) is 5.56 Å². The van der Waals surface area contributed by atoms with Gasteiger partial charge in [-0.3, -0.25) is 4.89 Å². The lowest BCUT2D eigenvalue weighted by atomic mass is 10.2. The third kappa shape index (κ3) is 2.84. The molecule has 0 aliphatic rings. The van der Waals surface area contributed by atoms with Gasteiger partial charge in [-0.25, -0.2) is 4.79 Å². The lowest BCUT2D eigenvalue weighted by Gasteiger charge is -2.16. The van der Waals surface area contributed by atoms with Crippen LogP contribution < -0.4 is 0 Å². The van der Waals surface area contributed by atoms with Crippen molar-refractivity contribution < 1.29 is 14.6 Å². The molecule has 2 rings (SSSR count). The summed E-state index contributed by atoms with van der Waals surface area (Å²) < 4.78 is 1.07. The van der Waals surface area contributed by atoms with Crippen molar-refractivity contribution in [3.63, 3.8) is 0 Å². The molecule has 1 heterocycles. The van der Waals surface area contributed by atoms with Crippen LogP contribution in [0.4, 0.5) is 0 Å². The van der Waals surface area contributed by atoms with Gasteiger partial charge >= 0.3 is 5.97 Å². The van der Waals surface area contributed by atoms with E-state index in [0.29, 0.717) is 5.56 Å². The molecule has 0 N–H and O–H groups in total. The summed E-state index contributed by atoms with van der Waals surface area (Å²) in [5.74, 6) is -0.447. The Kier molecular flexibility index (Phi) is 3.17. The zero-order valence-electron chi connectivity index (χ0n) is 10.0. The van der Waals surface area contributed by atoms with Gasteiger partial charge < -0.3 is 0 Å². The van der Waals surface area contributed by atoms with Crippen LogP contribution in [0.5, 0.6) is 0 Å². The molecule has 0 saturated carbocycles. The molecule has 17 heavy (non-hydrogen) atoms. The van der Waals surface area contributed by atoms with Gasteiger partial charge in [-0.15, -0.1) is 11.3 Å². The lowest BCUT2D eigenvalue weighted by molar-refractivity contribution is -0.301. The predicted molar refractivity (Wildman–Crippen MR) is 68.1 cm³/mol. The Morgan fingerprint density at radius 2 is 1.94 bits per heavy atom. The van der Waals surface area contributed by atoms with Crippen LogP contribution in [0.15, 0.2) is 29.6 Å². The van der Waals surface area contributed by atoms with Crippen LogP contribution in [0.3, 0.4) is 0 Å². The van der Waals surface area contributed by atoms with E-state index in [2.05, 4.69) is 0 Å². The first-order valence-corrected chi connectivity index (χ1v) is 6.21. The molecule has 2 aromatic rings. The SMILES string of the molecule is CC(C)(C)OOC(=O)c1csc2ccccc12. The van der Waals surface area contributed by atoms with Crippen molar-refractivity contribution >= 4 is 27.4 Å². The molecule has 0 spiro atoms. The fourth-order valence-corrected chi connectivity index (χ4v) is 2.27. The normalized spacial score (nSPS) is 11.7. The number of carbonyl (C=O) groups excluding carboxylic acids is 1. The van der Waals surface area contributed by atoms with Crippen LogP contribution in [0.25, 0.3) is 10.1 Å². The van der Waals surface area contributed by atoms with Gasteiger partial charge in [-0.1, -0.05) is 18.2 Å². The standard InChI is InChI=1S/C13H14O3S/c1-13(2,3)16-15-12(14)10-8-17-11-7-5-4-6-9(10)11/h4-8H,1-3H3. The maximum absolute atomic E-state index is 11.8. The fraction of sp³-hybridized carbons (Fsp3) is 0.308. The number of hydrogen-bond acceptors (Lipinski definition) is 4. The third-order valence-electron chi connectivity index (χ3n) is 2.07. The van der Waals surface area contributed by atoms with Crippen molar-refractivity contribution in [3.05, 3.63) is 35.2 Å². The highest BCUT2D eigenvalue weighted by Crippen LogP contribution is 2.26. The molecule has 0 amide bonds. The van der Waals surface area contributed by atoms with Crippen LogP contribution >= 0.6 is 11.3 Å². The molecule has 0 aliphatic carbocycles. The second-order valence-electron chi connectivity index (χ2n) is 4.71. The Morgan fingerprint density at radius 3 is 2.65 bits per heavy atom. The van der Waals surface area contributed by atoms with E-state index in [1.165, 1.54) is 11.3 Å². The molecule has 4 heteroatoms. The molecule has 0 aliphatic heterocycles. The van der Waals surface area contributed by atoms with Crippen LogP contribution in [0.2, 0.25) is 0 Å². The highest BCUT2D eigenvalue weighted by Gasteiger charge is 2.18. The average molecular weight is 250 g/mol. The van der Waals surface area contributed by atoms with Gasteiger partial charge in [0, 0.05) is 15.5 Å². The van der Waals surface area contributed by atoms with Gasteiger partial charge in [0.15, 0.2) is 0 Å². The van der Waals surface area contributed by atoms with Gasteiger partial charge in [0.2, 0.25) is 0 Å². The minimum atomic E-state index is -0.499. The first-order chi connectivity index (χ1) is 7.97. The summed E-state index contributed by atoms with van der Waals surface area (Å²) in [4.78, 5) is 21.7. The van der Waals surface area contributed by atoms with Crippen LogP contribution in [0.1, 0.15) is 31.1 Å². The molecule has 0 atom stereocenters. The highest BCUT2D eigenvalue weighted by molar-refractivity contribution is 7.17. The van der Waals surface area contributed by atoms with E-state index in [-0.39, 0.29) is 0 Å². The summed E-state index contributed by atoms with van der Waals surface area (Å²) >= 11 is 1.52. The van der Waals surface area contributed by atoms with Gasteiger partial charge in [0.25, 0.3) is 0 Å². The number of hydrogen-bond donors (Lipinski definition) is 0. The molecular formula is C13H14O3S. The molecule has 0 fully saturated rings. The zero-order valence-corrected chi connectivity index (χ0v) is 10.8. The first kappa shape index (κ1) is 12.1.